The maximum atomic E-state index is 11.2. The first-order valence-electron chi connectivity index (χ1n) is 7.11. The van der Waals surface area contributed by atoms with Crippen molar-refractivity contribution >= 4 is 5.97 Å². The van der Waals surface area contributed by atoms with Gasteiger partial charge in [-0.1, -0.05) is 17.7 Å². The predicted molar refractivity (Wildman–Crippen MR) is 77.7 cm³/mol. The Labute approximate surface area is 123 Å². The fraction of sp³-hybridized carbons (Fsp3) is 0.375. The number of benzene rings is 1. The van der Waals surface area contributed by atoms with Crippen LogP contribution in [0.15, 0.2) is 34.9 Å². The number of carboxylic acid groups (broad SMARTS) is 1. The molecule has 21 heavy (non-hydrogen) atoms. The van der Waals surface area contributed by atoms with E-state index in [1.54, 1.807) is 6.26 Å². The van der Waals surface area contributed by atoms with Gasteiger partial charge in [-0.3, -0.25) is 10.1 Å². The highest BCUT2D eigenvalue weighted by atomic mass is 16.4. The zero-order valence-electron chi connectivity index (χ0n) is 11.9. The standard InChI is InChI=1S/C16H18N2O3/c1-10-2-4-12(5-3-10)15-18-13(9-21-15)8-17-14(16(19)20)11-6-7-11/h2-5,9,11,14,17H,6-8H2,1H3,(H,19,20). The van der Waals surface area contributed by atoms with Gasteiger partial charge >= 0.3 is 5.97 Å². The van der Waals surface area contributed by atoms with Crippen molar-refractivity contribution in [2.45, 2.75) is 32.4 Å². The first-order valence-corrected chi connectivity index (χ1v) is 7.11. The molecule has 1 aromatic carbocycles. The molecule has 0 aliphatic heterocycles. The molecular formula is C16H18N2O3. The van der Waals surface area contributed by atoms with Gasteiger partial charge < -0.3 is 9.52 Å². The van der Waals surface area contributed by atoms with Crippen LogP contribution in [-0.4, -0.2) is 22.1 Å². The molecule has 1 saturated carbocycles. The molecule has 1 heterocycles. The van der Waals surface area contributed by atoms with Crippen molar-refractivity contribution in [1.29, 1.82) is 0 Å². The highest BCUT2D eigenvalue weighted by Crippen LogP contribution is 2.32. The van der Waals surface area contributed by atoms with Crippen molar-refractivity contribution in [3.63, 3.8) is 0 Å². The lowest BCUT2D eigenvalue weighted by molar-refractivity contribution is -0.140. The van der Waals surface area contributed by atoms with Gasteiger partial charge in [0.15, 0.2) is 0 Å². The minimum absolute atomic E-state index is 0.256. The number of aromatic nitrogens is 1. The molecule has 2 N–H and O–H groups in total. The van der Waals surface area contributed by atoms with E-state index in [4.69, 9.17) is 9.52 Å². The Kier molecular flexibility index (Phi) is 3.75. The van der Waals surface area contributed by atoms with E-state index in [1.165, 1.54) is 5.56 Å². The molecule has 1 unspecified atom stereocenters. The number of carbonyl (C=O) groups is 1. The number of rotatable bonds is 6. The second kappa shape index (κ2) is 5.69. The Morgan fingerprint density at radius 1 is 1.43 bits per heavy atom. The van der Waals surface area contributed by atoms with Crippen LogP contribution in [0.4, 0.5) is 0 Å². The Balaban J connectivity index is 1.64. The maximum absolute atomic E-state index is 11.2. The van der Waals surface area contributed by atoms with Crippen molar-refractivity contribution < 1.29 is 14.3 Å². The van der Waals surface area contributed by atoms with Crippen molar-refractivity contribution in [2.75, 3.05) is 0 Å². The van der Waals surface area contributed by atoms with Gasteiger partial charge in [-0.25, -0.2) is 4.98 Å². The van der Waals surface area contributed by atoms with Gasteiger partial charge in [-0.05, 0) is 37.8 Å². The molecule has 5 nitrogen and oxygen atoms in total. The molecule has 1 aliphatic carbocycles. The third-order valence-corrected chi connectivity index (χ3v) is 3.71. The summed E-state index contributed by atoms with van der Waals surface area (Å²) in [7, 11) is 0. The summed E-state index contributed by atoms with van der Waals surface area (Å²) in [6, 6.07) is 7.45. The molecule has 3 rings (SSSR count). The number of nitrogens with zero attached hydrogens (tertiary/aromatic N) is 1. The van der Waals surface area contributed by atoms with Crippen LogP contribution in [-0.2, 0) is 11.3 Å². The lowest BCUT2D eigenvalue weighted by atomic mass is 10.1. The average molecular weight is 286 g/mol. The molecule has 110 valence electrons. The van der Waals surface area contributed by atoms with Crippen LogP contribution >= 0.6 is 0 Å². The summed E-state index contributed by atoms with van der Waals surface area (Å²) in [4.78, 5) is 15.6. The number of aliphatic carboxylic acids is 1. The molecule has 0 bridgehead atoms. The summed E-state index contributed by atoms with van der Waals surface area (Å²) in [6.07, 6.45) is 3.54. The van der Waals surface area contributed by atoms with E-state index in [2.05, 4.69) is 10.3 Å². The number of hydrogen-bond donors (Lipinski definition) is 2. The summed E-state index contributed by atoms with van der Waals surface area (Å²) >= 11 is 0. The van der Waals surface area contributed by atoms with Crippen molar-refractivity contribution in [1.82, 2.24) is 10.3 Å². The van der Waals surface area contributed by atoms with Crippen LogP contribution in [0.2, 0.25) is 0 Å². The van der Waals surface area contributed by atoms with Crippen molar-refractivity contribution in [3.8, 4) is 11.5 Å². The quantitative estimate of drug-likeness (QED) is 0.853. The molecule has 1 fully saturated rings. The minimum atomic E-state index is -0.792. The zero-order chi connectivity index (χ0) is 14.8. The smallest absolute Gasteiger partial charge is 0.320 e. The third kappa shape index (κ3) is 3.31. The second-order valence-corrected chi connectivity index (χ2v) is 5.54. The first-order chi connectivity index (χ1) is 10.1. The van der Waals surface area contributed by atoms with E-state index < -0.39 is 12.0 Å². The molecule has 1 aromatic heterocycles. The highest BCUT2D eigenvalue weighted by molar-refractivity contribution is 5.74. The predicted octanol–water partition coefficient (Wildman–Crippen LogP) is 2.60. The van der Waals surface area contributed by atoms with Gasteiger partial charge in [-0.2, -0.15) is 0 Å². The highest BCUT2D eigenvalue weighted by Gasteiger charge is 2.35. The van der Waals surface area contributed by atoms with E-state index in [1.807, 2.05) is 31.2 Å². The van der Waals surface area contributed by atoms with E-state index in [0.29, 0.717) is 12.4 Å². The normalized spacial score (nSPS) is 15.9. The third-order valence-electron chi connectivity index (χ3n) is 3.71. The summed E-state index contributed by atoms with van der Waals surface area (Å²) in [5.74, 6) is 0.0239. The fourth-order valence-corrected chi connectivity index (χ4v) is 2.32. The molecule has 1 aliphatic rings. The molecule has 0 spiro atoms. The van der Waals surface area contributed by atoms with Gasteiger partial charge in [0, 0.05) is 12.1 Å². The average Bonchev–Trinajstić information content (AvgIpc) is 3.18. The largest absolute Gasteiger partial charge is 0.480 e. The van der Waals surface area contributed by atoms with Gasteiger partial charge in [0.1, 0.15) is 12.3 Å². The number of nitrogens with one attached hydrogen (secondary N) is 1. The van der Waals surface area contributed by atoms with Crippen LogP contribution in [0.3, 0.4) is 0 Å². The zero-order valence-corrected chi connectivity index (χ0v) is 11.9. The summed E-state index contributed by atoms with van der Waals surface area (Å²) < 4.78 is 5.46. The molecule has 1 atom stereocenters. The summed E-state index contributed by atoms with van der Waals surface area (Å²) in [6.45, 7) is 2.43. The summed E-state index contributed by atoms with van der Waals surface area (Å²) in [5.41, 5.74) is 2.82. The van der Waals surface area contributed by atoms with E-state index >= 15 is 0 Å². The monoisotopic (exact) mass is 286 g/mol. The maximum Gasteiger partial charge on any atom is 0.320 e. The number of oxazole rings is 1. The molecule has 0 amide bonds. The molecule has 2 aromatic rings. The van der Waals surface area contributed by atoms with Gasteiger partial charge in [0.25, 0.3) is 0 Å². The van der Waals surface area contributed by atoms with E-state index in [0.717, 1.165) is 24.1 Å². The van der Waals surface area contributed by atoms with Crippen LogP contribution < -0.4 is 5.32 Å². The Morgan fingerprint density at radius 3 is 2.76 bits per heavy atom. The molecule has 0 saturated heterocycles. The Morgan fingerprint density at radius 2 is 2.14 bits per heavy atom. The Bertz CT molecular complexity index is 629. The number of hydrogen-bond acceptors (Lipinski definition) is 4. The SMILES string of the molecule is Cc1ccc(-c2nc(CNC(C(=O)O)C3CC3)co2)cc1. The van der Waals surface area contributed by atoms with E-state index in [-0.39, 0.29) is 5.92 Å². The fourth-order valence-electron chi connectivity index (χ4n) is 2.32. The topological polar surface area (TPSA) is 75.4 Å². The van der Waals surface area contributed by atoms with Crippen molar-refractivity contribution in [3.05, 3.63) is 41.8 Å². The van der Waals surface area contributed by atoms with Gasteiger partial charge in [-0.15, -0.1) is 0 Å². The van der Waals surface area contributed by atoms with Crippen LogP contribution in [0.25, 0.3) is 11.5 Å². The first kappa shape index (κ1) is 13.8. The van der Waals surface area contributed by atoms with Gasteiger partial charge in [0.2, 0.25) is 5.89 Å². The van der Waals surface area contributed by atoms with Crippen LogP contribution in [0.5, 0.6) is 0 Å². The van der Waals surface area contributed by atoms with Gasteiger partial charge in [0.05, 0.1) is 5.69 Å². The van der Waals surface area contributed by atoms with Crippen LogP contribution in [0, 0.1) is 12.8 Å². The van der Waals surface area contributed by atoms with Crippen molar-refractivity contribution in [2.24, 2.45) is 5.92 Å². The minimum Gasteiger partial charge on any atom is -0.480 e. The summed E-state index contributed by atoms with van der Waals surface area (Å²) in [5, 5.41) is 12.2. The lowest BCUT2D eigenvalue weighted by Crippen LogP contribution is -2.38. The van der Waals surface area contributed by atoms with E-state index in [9.17, 15) is 4.79 Å². The molecule has 0 radical (unpaired) electrons. The number of aryl methyl sites for hydroxylation is 1. The molecule has 5 heteroatoms. The lowest BCUT2D eigenvalue weighted by Gasteiger charge is -2.11. The molecular weight excluding hydrogens is 268 g/mol. The Hall–Kier alpha value is -2.14. The number of carboxylic acids is 1. The van der Waals surface area contributed by atoms with Crippen LogP contribution in [0.1, 0.15) is 24.1 Å². The second-order valence-electron chi connectivity index (χ2n) is 5.54.